The van der Waals surface area contributed by atoms with Crippen molar-refractivity contribution in [2.24, 2.45) is 10.2 Å². The van der Waals surface area contributed by atoms with Crippen LogP contribution < -0.4 is 10.9 Å². The minimum atomic E-state index is -0.576. The van der Waals surface area contributed by atoms with Crippen molar-refractivity contribution in [3.05, 3.63) is 95.7 Å². The van der Waals surface area contributed by atoms with E-state index in [1.165, 1.54) is 24.6 Å². The third kappa shape index (κ3) is 4.15. The maximum atomic E-state index is 12.3. The van der Waals surface area contributed by atoms with E-state index < -0.39 is 11.8 Å². The van der Waals surface area contributed by atoms with Gasteiger partial charge in [-0.1, -0.05) is 36.4 Å². The number of rotatable bonds is 6. The normalized spacial score (nSPS) is 11.6. The lowest BCUT2D eigenvalue weighted by Gasteiger charge is -1.97. The van der Waals surface area contributed by atoms with E-state index in [9.17, 15) is 9.59 Å². The van der Waals surface area contributed by atoms with Crippen LogP contribution in [0.15, 0.2) is 87.7 Å². The summed E-state index contributed by atoms with van der Waals surface area (Å²) < 4.78 is 5.34. The molecule has 3 heterocycles. The van der Waals surface area contributed by atoms with Gasteiger partial charge in [-0.05, 0) is 24.3 Å². The molecular weight excluding hydrogens is 420 g/mol. The molecule has 0 aliphatic carbocycles. The van der Waals surface area contributed by atoms with Gasteiger partial charge in [-0.15, -0.1) is 0 Å². The van der Waals surface area contributed by atoms with E-state index in [-0.39, 0.29) is 11.5 Å². The van der Waals surface area contributed by atoms with Crippen molar-refractivity contribution < 1.29 is 14.0 Å². The number of aromatic nitrogens is 2. The van der Waals surface area contributed by atoms with Crippen molar-refractivity contribution >= 4 is 46.0 Å². The van der Waals surface area contributed by atoms with Crippen LogP contribution in [-0.2, 0) is 0 Å². The summed E-state index contributed by atoms with van der Waals surface area (Å²) >= 11 is 0. The molecule has 33 heavy (non-hydrogen) atoms. The fourth-order valence-electron chi connectivity index (χ4n) is 3.41. The van der Waals surface area contributed by atoms with E-state index in [1.54, 1.807) is 12.4 Å². The second-order valence-corrected chi connectivity index (χ2v) is 7.14. The number of para-hydroxylation sites is 2. The lowest BCUT2D eigenvalue weighted by atomic mass is 10.2. The Bertz CT molecular complexity index is 1410. The molecule has 0 bridgehead atoms. The number of furan rings is 1. The Morgan fingerprint density at radius 2 is 1.15 bits per heavy atom. The molecular formula is C24H18N6O3. The molecule has 5 aromatic rings. The van der Waals surface area contributed by atoms with Crippen LogP contribution in [0.1, 0.15) is 32.2 Å². The van der Waals surface area contributed by atoms with Crippen molar-refractivity contribution in [2.45, 2.75) is 0 Å². The molecule has 0 unspecified atom stereocenters. The number of H-pyrrole nitrogens is 2. The molecule has 0 radical (unpaired) electrons. The van der Waals surface area contributed by atoms with Crippen molar-refractivity contribution in [3.63, 3.8) is 0 Å². The monoisotopic (exact) mass is 438 g/mol. The number of nitrogens with one attached hydrogen (secondary N) is 4. The summed E-state index contributed by atoms with van der Waals surface area (Å²) in [7, 11) is 0. The second-order valence-electron chi connectivity index (χ2n) is 7.14. The van der Waals surface area contributed by atoms with E-state index in [4.69, 9.17) is 4.42 Å². The van der Waals surface area contributed by atoms with Gasteiger partial charge in [0, 0.05) is 45.3 Å². The Kier molecular flexibility index (Phi) is 5.26. The number of benzene rings is 2. The molecule has 0 spiro atoms. The summed E-state index contributed by atoms with van der Waals surface area (Å²) in [6.45, 7) is 0. The summed E-state index contributed by atoms with van der Waals surface area (Å²) in [4.78, 5) is 30.8. The Hall–Kier alpha value is -4.92. The van der Waals surface area contributed by atoms with Gasteiger partial charge in [0.1, 0.15) is 0 Å². The zero-order valence-corrected chi connectivity index (χ0v) is 17.2. The topological polar surface area (TPSA) is 128 Å². The highest BCUT2D eigenvalue weighted by molar-refractivity contribution is 6.01. The van der Waals surface area contributed by atoms with Crippen LogP contribution in [0, 0.1) is 0 Å². The van der Waals surface area contributed by atoms with Crippen LogP contribution in [0.3, 0.4) is 0 Å². The zero-order valence-electron chi connectivity index (χ0n) is 17.2. The van der Waals surface area contributed by atoms with Gasteiger partial charge in [-0.3, -0.25) is 9.59 Å². The third-order valence-corrected chi connectivity index (χ3v) is 5.04. The number of hydrogen-bond donors (Lipinski definition) is 4. The molecule has 4 N–H and O–H groups in total. The summed E-state index contributed by atoms with van der Waals surface area (Å²) in [5.41, 5.74) is 8.39. The Morgan fingerprint density at radius 1 is 0.697 bits per heavy atom. The SMILES string of the molecule is O=C(N/N=C/c1c[nH]c2ccccc12)c1ccc(C(=O)N/N=C/c2c[nH]c3ccccc23)o1. The van der Waals surface area contributed by atoms with Crippen molar-refractivity contribution in [1.29, 1.82) is 0 Å². The maximum Gasteiger partial charge on any atom is 0.307 e. The summed E-state index contributed by atoms with van der Waals surface area (Å²) in [5.74, 6) is -1.24. The predicted molar refractivity (Wildman–Crippen MR) is 125 cm³/mol. The highest BCUT2D eigenvalue weighted by Gasteiger charge is 2.15. The van der Waals surface area contributed by atoms with Crippen molar-refractivity contribution in [3.8, 4) is 0 Å². The highest BCUT2D eigenvalue weighted by Crippen LogP contribution is 2.16. The van der Waals surface area contributed by atoms with Crippen molar-refractivity contribution in [2.75, 3.05) is 0 Å². The predicted octanol–water partition coefficient (Wildman–Crippen LogP) is 3.77. The van der Waals surface area contributed by atoms with E-state index in [2.05, 4.69) is 31.0 Å². The molecule has 0 aliphatic rings. The molecule has 9 nitrogen and oxygen atoms in total. The Labute approximate surface area is 187 Å². The minimum absolute atomic E-state index is 0.0446. The number of hydrazone groups is 2. The van der Waals surface area contributed by atoms with Gasteiger partial charge in [-0.25, -0.2) is 10.9 Å². The number of amides is 2. The first-order valence-electron chi connectivity index (χ1n) is 10.1. The summed E-state index contributed by atoms with van der Waals surface area (Å²) in [6.07, 6.45) is 6.67. The summed E-state index contributed by atoms with van der Waals surface area (Å²) in [5, 5.41) is 9.90. The lowest BCUT2D eigenvalue weighted by molar-refractivity contribution is 0.0902. The number of aromatic amines is 2. The Morgan fingerprint density at radius 3 is 1.64 bits per heavy atom. The molecule has 9 heteroatoms. The minimum Gasteiger partial charge on any atom is -0.446 e. The number of hydrogen-bond acceptors (Lipinski definition) is 5. The van der Waals surface area contributed by atoms with Gasteiger partial charge in [0.05, 0.1) is 12.4 Å². The first-order chi connectivity index (χ1) is 16.2. The highest BCUT2D eigenvalue weighted by atomic mass is 16.4. The fourth-order valence-corrected chi connectivity index (χ4v) is 3.41. The number of fused-ring (bicyclic) bond motifs is 2. The van der Waals surface area contributed by atoms with Gasteiger partial charge in [0.15, 0.2) is 11.5 Å². The maximum absolute atomic E-state index is 12.3. The van der Waals surface area contributed by atoms with E-state index >= 15 is 0 Å². The van der Waals surface area contributed by atoms with Crippen molar-refractivity contribution in [1.82, 2.24) is 20.8 Å². The molecule has 162 valence electrons. The van der Waals surface area contributed by atoms with Crippen LogP contribution in [-0.4, -0.2) is 34.2 Å². The molecule has 0 saturated heterocycles. The lowest BCUT2D eigenvalue weighted by Crippen LogP contribution is -2.18. The zero-order chi connectivity index (χ0) is 22.6. The standard InChI is InChI=1S/C24H18N6O3/c31-23(29-27-13-15-11-25-19-7-3-1-5-17(15)19)21-9-10-22(33-21)24(32)30-28-14-16-12-26-20-8-4-2-6-18(16)20/h1-14,25-26H,(H,29,31)(H,30,32)/b27-13+,28-14+. The molecule has 0 fully saturated rings. The average Bonchev–Trinajstić information content (AvgIpc) is 3.58. The van der Waals surface area contributed by atoms with Crippen LogP contribution in [0.4, 0.5) is 0 Å². The number of carbonyl (C=O) groups is 2. The largest absolute Gasteiger partial charge is 0.446 e. The molecule has 0 atom stereocenters. The molecule has 2 aromatic carbocycles. The number of carbonyl (C=O) groups excluding carboxylic acids is 2. The number of nitrogens with zero attached hydrogens (tertiary/aromatic N) is 2. The van der Waals surface area contributed by atoms with Crippen LogP contribution in [0.2, 0.25) is 0 Å². The van der Waals surface area contributed by atoms with Gasteiger partial charge in [0.2, 0.25) is 0 Å². The van der Waals surface area contributed by atoms with Crippen LogP contribution >= 0.6 is 0 Å². The van der Waals surface area contributed by atoms with Gasteiger partial charge >= 0.3 is 11.8 Å². The molecule has 3 aromatic heterocycles. The fraction of sp³-hybridized carbons (Fsp3) is 0. The quantitative estimate of drug-likeness (QED) is 0.238. The van der Waals surface area contributed by atoms with E-state index in [0.717, 1.165) is 32.9 Å². The Balaban J connectivity index is 1.19. The first kappa shape index (κ1) is 20.0. The van der Waals surface area contributed by atoms with Crippen LogP contribution in [0.25, 0.3) is 21.8 Å². The van der Waals surface area contributed by atoms with Crippen LogP contribution in [0.5, 0.6) is 0 Å². The third-order valence-electron chi connectivity index (χ3n) is 5.04. The van der Waals surface area contributed by atoms with Gasteiger partial charge in [-0.2, -0.15) is 10.2 Å². The second kappa shape index (κ2) is 8.67. The first-order valence-corrected chi connectivity index (χ1v) is 10.1. The van der Waals surface area contributed by atoms with E-state index in [1.807, 2.05) is 48.5 Å². The van der Waals surface area contributed by atoms with E-state index in [0.29, 0.717) is 0 Å². The van der Waals surface area contributed by atoms with Gasteiger partial charge in [0.25, 0.3) is 0 Å². The molecule has 2 amide bonds. The molecule has 0 saturated carbocycles. The smallest absolute Gasteiger partial charge is 0.307 e. The summed E-state index contributed by atoms with van der Waals surface area (Å²) in [6, 6.07) is 18.3. The molecule has 0 aliphatic heterocycles. The average molecular weight is 438 g/mol. The van der Waals surface area contributed by atoms with Gasteiger partial charge < -0.3 is 14.4 Å². The molecule has 5 rings (SSSR count).